The first-order valence-corrected chi connectivity index (χ1v) is 10.3. The van der Waals surface area contributed by atoms with Gasteiger partial charge in [-0.3, -0.25) is 9.59 Å². The van der Waals surface area contributed by atoms with Crippen LogP contribution in [0.2, 0.25) is 0 Å². The van der Waals surface area contributed by atoms with E-state index in [1.54, 1.807) is 29.2 Å². The summed E-state index contributed by atoms with van der Waals surface area (Å²) in [6, 6.07) is 11.9. The van der Waals surface area contributed by atoms with Gasteiger partial charge in [0.05, 0.1) is 32.3 Å². The van der Waals surface area contributed by atoms with Gasteiger partial charge in [-0.25, -0.2) is 0 Å². The van der Waals surface area contributed by atoms with Gasteiger partial charge in [0, 0.05) is 10.5 Å². The molecule has 1 aromatic carbocycles. The Morgan fingerprint density at radius 1 is 1.14 bits per heavy atom. The maximum absolute atomic E-state index is 13.1. The number of nitrogens with zero attached hydrogens (tertiary/aromatic N) is 1. The first-order chi connectivity index (χ1) is 13.7. The van der Waals surface area contributed by atoms with Crippen molar-refractivity contribution in [2.24, 2.45) is 0 Å². The van der Waals surface area contributed by atoms with Crippen molar-refractivity contribution in [2.45, 2.75) is 6.04 Å². The number of morpholine rings is 1. The number of likely N-dealkylation sites (tertiary alicyclic amines) is 1. The number of carbonyl (C=O) groups is 2. The van der Waals surface area contributed by atoms with Gasteiger partial charge < -0.3 is 19.6 Å². The Morgan fingerprint density at radius 3 is 2.57 bits per heavy atom. The number of benzene rings is 1. The lowest BCUT2D eigenvalue weighted by Gasteiger charge is -2.29. The Morgan fingerprint density at radius 2 is 1.89 bits per heavy atom. The molecule has 146 valence electrons. The summed E-state index contributed by atoms with van der Waals surface area (Å²) in [4.78, 5) is 29.4. The van der Waals surface area contributed by atoms with Crippen LogP contribution in [0.3, 0.4) is 0 Å². The third-order valence-corrected chi connectivity index (χ3v) is 6.21. The smallest absolute Gasteiger partial charge is 0.295 e. The van der Waals surface area contributed by atoms with E-state index in [-0.39, 0.29) is 11.3 Å². The van der Waals surface area contributed by atoms with Gasteiger partial charge in [-0.1, -0.05) is 42.2 Å². The van der Waals surface area contributed by atoms with Crippen LogP contribution in [0.15, 0.2) is 53.4 Å². The molecular weight excluding hydrogens is 376 g/mol. The fourth-order valence-corrected chi connectivity index (χ4v) is 4.62. The van der Waals surface area contributed by atoms with Crippen molar-refractivity contribution >= 4 is 28.8 Å². The van der Waals surface area contributed by atoms with Crippen LogP contribution in [0.4, 0.5) is 0 Å². The predicted molar refractivity (Wildman–Crippen MR) is 104 cm³/mol. The van der Waals surface area contributed by atoms with E-state index < -0.39 is 17.7 Å². The van der Waals surface area contributed by atoms with Gasteiger partial charge in [0.15, 0.2) is 0 Å². The maximum Gasteiger partial charge on any atom is 0.295 e. The van der Waals surface area contributed by atoms with E-state index in [0.29, 0.717) is 25.3 Å². The Kier molecular flexibility index (Phi) is 5.57. The van der Waals surface area contributed by atoms with E-state index in [9.17, 15) is 14.7 Å². The molecular formula is C21H22N2O4S. The highest BCUT2D eigenvalue weighted by Gasteiger charge is 2.44. The molecule has 1 aromatic heterocycles. The zero-order chi connectivity index (χ0) is 19.5. The van der Waals surface area contributed by atoms with Crippen LogP contribution in [0.5, 0.6) is 0 Å². The summed E-state index contributed by atoms with van der Waals surface area (Å²) in [5, 5.41) is 15.0. The lowest BCUT2D eigenvalue weighted by Crippen LogP contribution is -3.14. The topological polar surface area (TPSA) is 74.1 Å². The summed E-state index contributed by atoms with van der Waals surface area (Å²) in [5.41, 5.74) is 0.497. The summed E-state index contributed by atoms with van der Waals surface area (Å²) in [5.74, 6) is -1.62. The Hall–Kier alpha value is -2.48. The molecule has 2 aliphatic heterocycles. The van der Waals surface area contributed by atoms with Crippen LogP contribution in [-0.4, -0.2) is 56.0 Å². The highest BCUT2D eigenvalue weighted by molar-refractivity contribution is 7.10. The number of thiophene rings is 1. The van der Waals surface area contributed by atoms with Crippen LogP contribution in [-0.2, 0) is 14.3 Å². The third-order valence-electron chi connectivity index (χ3n) is 5.28. The quantitative estimate of drug-likeness (QED) is 0.433. The van der Waals surface area contributed by atoms with Gasteiger partial charge in [0.25, 0.3) is 5.91 Å². The fourth-order valence-electron chi connectivity index (χ4n) is 3.78. The number of Topliss-reactive ketones (excluding diaryl/α,β-unsaturated/α-hetero) is 1. The molecule has 1 amide bonds. The molecule has 3 heterocycles. The molecule has 1 atom stereocenters. The largest absolute Gasteiger partial charge is 0.872 e. The van der Waals surface area contributed by atoms with E-state index in [1.165, 1.54) is 16.2 Å². The van der Waals surface area contributed by atoms with Gasteiger partial charge in [0.2, 0.25) is 5.78 Å². The second-order valence-corrected chi connectivity index (χ2v) is 7.95. The summed E-state index contributed by atoms with van der Waals surface area (Å²) < 4.78 is 5.38. The lowest BCUT2D eigenvalue weighted by molar-refractivity contribution is -0.907. The number of hydrogen-bond acceptors (Lipinski definition) is 5. The molecule has 2 aromatic rings. The Balaban J connectivity index is 1.68. The summed E-state index contributed by atoms with van der Waals surface area (Å²) >= 11 is 1.46. The first-order valence-electron chi connectivity index (χ1n) is 9.43. The van der Waals surface area contributed by atoms with E-state index >= 15 is 0 Å². The van der Waals surface area contributed by atoms with E-state index in [2.05, 4.69) is 0 Å². The molecule has 28 heavy (non-hydrogen) atoms. The number of rotatable bonds is 5. The molecule has 1 unspecified atom stereocenters. The number of ketones is 1. The second kappa shape index (κ2) is 8.26. The molecule has 1 N–H and O–H groups in total. The maximum atomic E-state index is 13.1. The van der Waals surface area contributed by atoms with Crippen LogP contribution in [0.25, 0.3) is 5.76 Å². The van der Waals surface area contributed by atoms with Crippen LogP contribution >= 0.6 is 11.3 Å². The minimum Gasteiger partial charge on any atom is -0.872 e. The molecule has 0 saturated carbocycles. The van der Waals surface area contributed by atoms with Gasteiger partial charge >= 0.3 is 0 Å². The van der Waals surface area contributed by atoms with Crippen molar-refractivity contribution in [3.8, 4) is 0 Å². The Labute approximate surface area is 167 Å². The molecule has 0 spiro atoms. The van der Waals surface area contributed by atoms with Crippen LogP contribution in [0.1, 0.15) is 16.5 Å². The molecule has 0 bridgehead atoms. The summed E-state index contributed by atoms with van der Waals surface area (Å²) in [6.07, 6.45) is 0. The zero-order valence-electron chi connectivity index (χ0n) is 15.4. The molecule has 0 aliphatic carbocycles. The molecule has 7 heteroatoms. The van der Waals surface area contributed by atoms with E-state index in [4.69, 9.17) is 4.74 Å². The molecule has 2 saturated heterocycles. The van der Waals surface area contributed by atoms with Gasteiger partial charge in [-0.2, -0.15) is 0 Å². The molecule has 6 nitrogen and oxygen atoms in total. The fraction of sp³-hybridized carbons (Fsp3) is 0.333. The normalized spacial score (nSPS) is 22.7. The lowest BCUT2D eigenvalue weighted by atomic mass is 10.00. The van der Waals surface area contributed by atoms with Crippen molar-refractivity contribution in [2.75, 3.05) is 39.4 Å². The third kappa shape index (κ3) is 3.61. The van der Waals surface area contributed by atoms with Gasteiger partial charge in [-0.05, 0) is 17.0 Å². The predicted octanol–water partition coefficient (Wildman–Crippen LogP) is -0.113. The average Bonchev–Trinajstić information content (AvgIpc) is 3.35. The van der Waals surface area contributed by atoms with E-state index in [1.807, 2.05) is 23.6 Å². The summed E-state index contributed by atoms with van der Waals surface area (Å²) in [7, 11) is 0. The number of quaternary nitrogens is 1. The number of ether oxygens (including phenoxy) is 1. The molecule has 2 fully saturated rings. The average molecular weight is 398 g/mol. The number of nitrogens with one attached hydrogen (secondary N) is 1. The van der Waals surface area contributed by atoms with Crippen molar-refractivity contribution in [1.29, 1.82) is 0 Å². The van der Waals surface area contributed by atoms with Gasteiger partial charge in [0.1, 0.15) is 13.1 Å². The van der Waals surface area contributed by atoms with Crippen molar-refractivity contribution in [1.82, 2.24) is 4.90 Å². The SMILES string of the molecule is O=C1C(=O)N(CC[NH+]2CCOCC2)C(c2cccs2)/C1=C(\[O-])c1ccccc1. The van der Waals surface area contributed by atoms with Gasteiger partial charge in [-0.15, -0.1) is 11.3 Å². The highest BCUT2D eigenvalue weighted by atomic mass is 32.1. The molecule has 2 aliphatic rings. The van der Waals surface area contributed by atoms with E-state index in [0.717, 1.165) is 24.5 Å². The molecule has 4 rings (SSSR count). The zero-order valence-corrected chi connectivity index (χ0v) is 16.2. The Bertz CT molecular complexity index is 873. The first kappa shape index (κ1) is 18.9. The minimum atomic E-state index is -0.677. The van der Waals surface area contributed by atoms with Crippen LogP contribution < -0.4 is 10.0 Å². The number of amides is 1. The second-order valence-electron chi connectivity index (χ2n) is 6.97. The monoisotopic (exact) mass is 398 g/mol. The summed E-state index contributed by atoms with van der Waals surface area (Å²) in [6.45, 7) is 4.37. The minimum absolute atomic E-state index is 0.0654. The van der Waals surface area contributed by atoms with Crippen molar-refractivity contribution in [3.63, 3.8) is 0 Å². The van der Waals surface area contributed by atoms with Crippen LogP contribution in [0, 0.1) is 0 Å². The van der Waals surface area contributed by atoms with Crippen molar-refractivity contribution < 1.29 is 24.3 Å². The van der Waals surface area contributed by atoms with Crippen molar-refractivity contribution in [3.05, 3.63) is 63.9 Å². The number of carbonyl (C=O) groups excluding carboxylic acids is 2. The highest BCUT2D eigenvalue weighted by Crippen LogP contribution is 2.40. The standard InChI is InChI=1S/C21H22N2O4S/c24-19(15-5-2-1-3-6-15)17-18(16-7-4-14-28-16)23(21(26)20(17)25)9-8-22-10-12-27-13-11-22/h1-7,14,18,24H,8-13H2/b19-17+. The molecule has 0 radical (unpaired) electrons. The number of hydrogen-bond donors (Lipinski definition) is 1.